The van der Waals surface area contributed by atoms with Crippen LogP contribution in [0.5, 0.6) is 0 Å². The number of carbonyl (C=O) groups is 2. The number of hydrogen-bond acceptors (Lipinski definition) is 2. The highest BCUT2D eigenvalue weighted by molar-refractivity contribution is 5.82. The molecule has 1 atom stereocenters. The molecule has 1 unspecified atom stereocenters. The molecular weight excluding hydrogens is 242 g/mol. The van der Waals surface area contributed by atoms with Gasteiger partial charge in [0.05, 0.1) is 0 Å². The van der Waals surface area contributed by atoms with E-state index in [1.807, 2.05) is 44.2 Å². The number of carboxylic acid groups (broad SMARTS) is 1. The Balaban J connectivity index is 2.77. The van der Waals surface area contributed by atoms with Gasteiger partial charge in [-0.1, -0.05) is 50.6 Å². The van der Waals surface area contributed by atoms with Gasteiger partial charge in [-0.25, -0.2) is 0 Å². The van der Waals surface area contributed by atoms with Gasteiger partial charge in [-0.05, 0) is 12.0 Å². The summed E-state index contributed by atoms with van der Waals surface area (Å²) in [4.78, 5) is 24.5. The quantitative estimate of drug-likeness (QED) is 0.822. The Morgan fingerprint density at radius 2 is 1.89 bits per heavy atom. The SMILES string of the molecule is CCCC(C)C(=O)N(CC(=O)O)Cc1ccccc1. The van der Waals surface area contributed by atoms with Crippen LogP contribution in [-0.4, -0.2) is 28.4 Å². The molecule has 4 nitrogen and oxygen atoms in total. The second-order valence-corrected chi connectivity index (χ2v) is 4.76. The van der Waals surface area contributed by atoms with Crippen molar-refractivity contribution >= 4 is 11.9 Å². The zero-order valence-corrected chi connectivity index (χ0v) is 11.5. The Kier molecular flexibility index (Phi) is 6.06. The normalized spacial score (nSPS) is 11.9. The van der Waals surface area contributed by atoms with E-state index in [1.165, 1.54) is 4.90 Å². The molecule has 104 valence electrons. The van der Waals surface area contributed by atoms with E-state index in [0.29, 0.717) is 6.54 Å². The molecule has 0 heterocycles. The number of hydrogen-bond donors (Lipinski definition) is 1. The van der Waals surface area contributed by atoms with Crippen LogP contribution in [0.4, 0.5) is 0 Å². The van der Waals surface area contributed by atoms with Crippen molar-refractivity contribution in [2.75, 3.05) is 6.54 Å². The summed E-state index contributed by atoms with van der Waals surface area (Å²) in [7, 11) is 0. The monoisotopic (exact) mass is 263 g/mol. The molecule has 0 bridgehead atoms. The zero-order chi connectivity index (χ0) is 14.3. The Morgan fingerprint density at radius 3 is 2.42 bits per heavy atom. The summed E-state index contributed by atoms with van der Waals surface area (Å²) in [6.07, 6.45) is 1.70. The van der Waals surface area contributed by atoms with Gasteiger partial charge in [0.2, 0.25) is 5.91 Å². The van der Waals surface area contributed by atoms with Gasteiger partial charge >= 0.3 is 5.97 Å². The lowest BCUT2D eigenvalue weighted by Gasteiger charge is -2.24. The van der Waals surface area contributed by atoms with Crippen LogP contribution in [0.1, 0.15) is 32.3 Å². The van der Waals surface area contributed by atoms with Crippen molar-refractivity contribution < 1.29 is 14.7 Å². The fraction of sp³-hybridized carbons (Fsp3) is 0.467. The lowest BCUT2D eigenvalue weighted by molar-refractivity contribution is -0.146. The summed E-state index contributed by atoms with van der Waals surface area (Å²) < 4.78 is 0. The smallest absolute Gasteiger partial charge is 0.323 e. The Bertz CT molecular complexity index is 417. The third kappa shape index (κ3) is 5.12. The van der Waals surface area contributed by atoms with Gasteiger partial charge in [0, 0.05) is 12.5 Å². The first-order chi connectivity index (χ1) is 9.04. The van der Waals surface area contributed by atoms with Crippen molar-refractivity contribution in [3.8, 4) is 0 Å². The second-order valence-electron chi connectivity index (χ2n) is 4.76. The fourth-order valence-corrected chi connectivity index (χ4v) is 2.05. The summed E-state index contributed by atoms with van der Waals surface area (Å²) in [6.45, 7) is 3.97. The molecule has 1 aromatic rings. The topological polar surface area (TPSA) is 57.6 Å². The van der Waals surface area contributed by atoms with Gasteiger partial charge in [0.25, 0.3) is 0 Å². The van der Waals surface area contributed by atoms with Crippen molar-refractivity contribution in [1.82, 2.24) is 4.90 Å². The molecule has 1 amide bonds. The van der Waals surface area contributed by atoms with Gasteiger partial charge in [-0.2, -0.15) is 0 Å². The number of aliphatic carboxylic acids is 1. The molecule has 0 aromatic heterocycles. The molecule has 0 aliphatic carbocycles. The van der Waals surface area contributed by atoms with Crippen LogP contribution in [0.3, 0.4) is 0 Å². The van der Waals surface area contributed by atoms with Crippen molar-refractivity contribution in [3.63, 3.8) is 0 Å². The second kappa shape index (κ2) is 7.56. The van der Waals surface area contributed by atoms with Gasteiger partial charge in [-0.15, -0.1) is 0 Å². The predicted octanol–water partition coefficient (Wildman–Crippen LogP) is 2.54. The summed E-state index contributed by atoms with van der Waals surface area (Å²) in [5.41, 5.74) is 0.945. The summed E-state index contributed by atoms with van der Waals surface area (Å²) in [5.74, 6) is -1.20. The van der Waals surface area contributed by atoms with E-state index >= 15 is 0 Å². The third-order valence-electron chi connectivity index (χ3n) is 3.00. The molecular formula is C15H21NO3. The van der Waals surface area contributed by atoms with Gasteiger partial charge in [0.15, 0.2) is 0 Å². The van der Waals surface area contributed by atoms with Crippen LogP contribution >= 0.6 is 0 Å². The van der Waals surface area contributed by atoms with E-state index in [-0.39, 0.29) is 18.4 Å². The van der Waals surface area contributed by atoms with E-state index in [1.54, 1.807) is 0 Å². The first-order valence-electron chi connectivity index (χ1n) is 6.59. The minimum absolute atomic E-state index is 0.0897. The predicted molar refractivity (Wildman–Crippen MR) is 73.6 cm³/mol. The standard InChI is InChI=1S/C15H21NO3/c1-3-7-12(2)15(19)16(11-14(17)18)10-13-8-5-4-6-9-13/h4-6,8-9,12H,3,7,10-11H2,1-2H3,(H,17,18). The molecule has 0 spiro atoms. The van der Waals surface area contributed by atoms with Crippen LogP contribution in [0.2, 0.25) is 0 Å². The summed E-state index contributed by atoms with van der Waals surface area (Å²) in [5, 5.41) is 8.93. The first-order valence-corrected chi connectivity index (χ1v) is 6.59. The molecule has 0 radical (unpaired) electrons. The summed E-state index contributed by atoms with van der Waals surface area (Å²) >= 11 is 0. The van der Waals surface area contributed by atoms with Crippen molar-refractivity contribution in [2.45, 2.75) is 33.2 Å². The van der Waals surface area contributed by atoms with Crippen LogP contribution < -0.4 is 0 Å². The van der Waals surface area contributed by atoms with Gasteiger partial charge in [0.1, 0.15) is 6.54 Å². The number of carboxylic acids is 1. The van der Waals surface area contributed by atoms with E-state index < -0.39 is 5.97 Å². The van der Waals surface area contributed by atoms with E-state index in [4.69, 9.17) is 5.11 Å². The van der Waals surface area contributed by atoms with Crippen molar-refractivity contribution in [2.24, 2.45) is 5.92 Å². The van der Waals surface area contributed by atoms with Crippen molar-refractivity contribution in [1.29, 1.82) is 0 Å². The number of rotatable bonds is 7. The Morgan fingerprint density at radius 1 is 1.26 bits per heavy atom. The van der Waals surface area contributed by atoms with E-state index in [0.717, 1.165) is 18.4 Å². The maximum atomic E-state index is 12.2. The molecule has 1 aromatic carbocycles. The molecule has 1 N–H and O–H groups in total. The highest BCUT2D eigenvalue weighted by Crippen LogP contribution is 2.13. The maximum absolute atomic E-state index is 12.2. The largest absolute Gasteiger partial charge is 0.480 e. The average Bonchev–Trinajstić information content (AvgIpc) is 2.38. The molecule has 0 aliphatic heterocycles. The minimum atomic E-state index is -0.979. The molecule has 0 aliphatic rings. The van der Waals surface area contributed by atoms with Crippen LogP contribution in [0, 0.1) is 5.92 Å². The molecule has 0 saturated heterocycles. The molecule has 0 fully saturated rings. The molecule has 0 saturated carbocycles. The summed E-state index contributed by atoms with van der Waals surface area (Å²) in [6, 6.07) is 9.45. The number of carbonyl (C=O) groups excluding carboxylic acids is 1. The zero-order valence-electron chi connectivity index (χ0n) is 11.5. The lowest BCUT2D eigenvalue weighted by atomic mass is 10.0. The van der Waals surface area contributed by atoms with Crippen LogP contribution in [-0.2, 0) is 16.1 Å². The van der Waals surface area contributed by atoms with Gasteiger partial charge < -0.3 is 10.0 Å². The van der Waals surface area contributed by atoms with Gasteiger partial charge in [-0.3, -0.25) is 9.59 Å². The number of amides is 1. The van der Waals surface area contributed by atoms with Crippen LogP contribution in [0.15, 0.2) is 30.3 Å². The van der Waals surface area contributed by atoms with Crippen molar-refractivity contribution in [3.05, 3.63) is 35.9 Å². The molecule has 4 heteroatoms. The lowest BCUT2D eigenvalue weighted by Crippen LogP contribution is -2.38. The van der Waals surface area contributed by atoms with E-state index in [9.17, 15) is 9.59 Å². The maximum Gasteiger partial charge on any atom is 0.323 e. The molecule has 19 heavy (non-hydrogen) atoms. The number of benzene rings is 1. The number of nitrogens with zero attached hydrogens (tertiary/aromatic N) is 1. The van der Waals surface area contributed by atoms with E-state index in [2.05, 4.69) is 0 Å². The highest BCUT2D eigenvalue weighted by Gasteiger charge is 2.21. The Hall–Kier alpha value is -1.84. The van der Waals surface area contributed by atoms with Crippen LogP contribution in [0.25, 0.3) is 0 Å². The third-order valence-corrected chi connectivity index (χ3v) is 3.00. The first kappa shape index (κ1) is 15.2. The average molecular weight is 263 g/mol. The minimum Gasteiger partial charge on any atom is -0.480 e. The Labute approximate surface area is 114 Å². The highest BCUT2D eigenvalue weighted by atomic mass is 16.4. The molecule has 1 rings (SSSR count). The fourth-order valence-electron chi connectivity index (χ4n) is 2.05.